The number of hydrogen-bond acceptors (Lipinski definition) is 2. The van der Waals surface area contributed by atoms with Crippen LogP contribution >= 0.6 is 0 Å². The van der Waals surface area contributed by atoms with Crippen molar-refractivity contribution in [2.45, 2.75) is 64.5 Å². The molecule has 3 nitrogen and oxygen atoms in total. The average molecular weight is 238 g/mol. The molecule has 1 saturated carbocycles. The monoisotopic (exact) mass is 238 g/mol. The van der Waals surface area contributed by atoms with E-state index in [2.05, 4.69) is 18.7 Å². The van der Waals surface area contributed by atoms with Crippen molar-refractivity contribution < 1.29 is 4.79 Å². The molecule has 4 atom stereocenters. The molecule has 2 aliphatic rings. The van der Waals surface area contributed by atoms with Crippen LogP contribution in [0.2, 0.25) is 0 Å². The summed E-state index contributed by atoms with van der Waals surface area (Å²) in [5.41, 5.74) is 6.02. The number of nitrogens with two attached hydrogens (primary N) is 1. The van der Waals surface area contributed by atoms with E-state index in [4.69, 9.17) is 5.73 Å². The van der Waals surface area contributed by atoms with Crippen molar-refractivity contribution in [3.05, 3.63) is 0 Å². The van der Waals surface area contributed by atoms with Gasteiger partial charge in [-0.05, 0) is 51.4 Å². The second-order valence-corrected chi connectivity index (χ2v) is 6.03. The first kappa shape index (κ1) is 12.9. The fraction of sp³-hybridized carbons (Fsp3) is 0.929. The molecule has 0 aromatic carbocycles. The molecular weight excluding hydrogens is 212 g/mol. The van der Waals surface area contributed by atoms with Gasteiger partial charge in [0.25, 0.3) is 0 Å². The Balaban J connectivity index is 2.02. The smallest absolute Gasteiger partial charge is 0.226 e. The van der Waals surface area contributed by atoms with E-state index in [1.165, 1.54) is 19.3 Å². The summed E-state index contributed by atoms with van der Waals surface area (Å²) < 4.78 is 0. The first-order valence-electron chi connectivity index (χ1n) is 7.15. The van der Waals surface area contributed by atoms with Crippen LogP contribution in [0.4, 0.5) is 0 Å². The van der Waals surface area contributed by atoms with E-state index in [1.807, 2.05) is 0 Å². The summed E-state index contributed by atoms with van der Waals surface area (Å²) in [5.74, 6) is 1.07. The first-order chi connectivity index (χ1) is 8.09. The number of nitrogens with zero attached hydrogens (tertiary/aromatic N) is 1. The van der Waals surface area contributed by atoms with Gasteiger partial charge < -0.3 is 10.6 Å². The fourth-order valence-electron chi connectivity index (χ4n) is 3.34. The van der Waals surface area contributed by atoms with Gasteiger partial charge in [-0.3, -0.25) is 4.79 Å². The quantitative estimate of drug-likeness (QED) is 0.761. The Kier molecular flexibility index (Phi) is 4.08. The van der Waals surface area contributed by atoms with Crippen LogP contribution in [0.25, 0.3) is 0 Å². The third kappa shape index (κ3) is 2.82. The van der Waals surface area contributed by atoms with Crippen molar-refractivity contribution >= 4 is 5.91 Å². The van der Waals surface area contributed by atoms with Crippen LogP contribution in [0.1, 0.15) is 52.4 Å². The molecule has 1 aliphatic heterocycles. The number of carbonyl (C=O) groups is 1. The molecule has 0 radical (unpaired) electrons. The minimum atomic E-state index is 0.180. The SMILES string of the molecule is CC1CCC(N)CC1C(=O)N1CCCCC1C. The highest BCUT2D eigenvalue weighted by atomic mass is 16.2. The van der Waals surface area contributed by atoms with E-state index in [9.17, 15) is 4.79 Å². The normalized spacial score (nSPS) is 39.1. The van der Waals surface area contributed by atoms with Crippen LogP contribution < -0.4 is 5.73 Å². The minimum Gasteiger partial charge on any atom is -0.340 e. The molecular formula is C14H26N2O. The molecule has 3 heteroatoms. The summed E-state index contributed by atoms with van der Waals surface area (Å²) >= 11 is 0. The number of hydrogen-bond donors (Lipinski definition) is 1. The van der Waals surface area contributed by atoms with Gasteiger partial charge in [-0.2, -0.15) is 0 Å². The lowest BCUT2D eigenvalue weighted by molar-refractivity contribution is -0.141. The Morgan fingerprint density at radius 3 is 2.65 bits per heavy atom. The van der Waals surface area contributed by atoms with E-state index >= 15 is 0 Å². The second kappa shape index (κ2) is 5.38. The maximum Gasteiger partial charge on any atom is 0.226 e. The highest BCUT2D eigenvalue weighted by Gasteiger charge is 2.35. The Bertz CT molecular complexity index is 279. The van der Waals surface area contributed by atoms with Crippen LogP contribution in [0.5, 0.6) is 0 Å². The van der Waals surface area contributed by atoms with Crippen LogP contribution in [-0.2, 0) is 4.79 Å². The minimum absolute atomic E-state index is 0.180. The van der Waals surface area contributed by atoms with Gasteiger partial charge in [-0.25, -0.2) is 0 Å². The molecule has 2 rings (SSSR count). The molecule has 1 saturated heterocycles. The molecule has 0 spiro atoms. The second-order valence-electron chi connectivity index (χ2n) is 6.03. The van der Waals surface area contributed by atoms with E-state index in [0.29, 0.717) is 17.9 Å². The zero-order valence-electron chi connectivity index (χ0n) is 11.2. The maximum absolute atomic E-state index is 12.6. The Hall–Kier alpha value is -0.570. The van der Waals surface area contributed by atoms with Crippen molar-refractivity contribution in [3.63, 3.8) is 0 Å². The average Bonchev–Trinajstić information content (AvgIpc) is 2.32. The van der Waals surface area contributed by atoms with Gasteiger partial charge in [0.1, 0.15) is 0 Å². The predicted octanol–water partition coefficient (Wildman–Crippen LogP) is 2.15. The lowest BCUT2D eigenvalue weighted by Gasteiger charge is -2.40. The largest absolute Gasteiger partial charge is 0.340 e. The van der Waals surface area contributed by atoms with Crippen molar-refractivity contribution in [2.75, 3.05) is 6.54 Å². The molecule has 17 heavy (non-hydrogen) atoms. The molecule has 2 N–H and O–H groups in total. The highest BCUT2D eigenvalue weighted by molar-refractivity contribution is 5.79. The van der Waals surface area contributed by atoms with Gasteiger partial charge >= 0.3 is 0 Å². The summed E-state index contributed by atoms with van der Waals surface area (Å²) in [6.45, 7) is 5.35. The highest BCUT2D eigenvalue weighted by Crippen LogP contribution is 2.32. The van der Waals surface area contributed by atoms with Gasteiger partial charge in [0.05, 0.1) is 0 Å². The van der Waals surface area contributed by atoms with Gasteiger partial charge in [-0.15, -0.1) is 0 Å². The number of amides is 1. The van der Waals surface area contributed by atoms with Gasteiger partial charge in [-0.1, -0.05) is 6.92 Å². The van der Waals surface area contributed by atoms with E-state index in [-0.39, 0.29) is 12.0 Å². The summed E-state index contributed by atoms with van der Waals surface area (Å²) in [4.78, 5) is 14.7. The van der Waals surface area contributed by atoms with Crippen molar-refractivity contribution in [3.8, 4) is 0 Å². The molecule has 98 valence electrons. The fourth-order valence-corrected chi connectivity index (χ4v) is 3.34. The van der Waals surface area contributed by atoms with E-state index in [1.54, 1.807) is 0 Å². The molecule has 0 aromatic heterocycles. The van der Waals surface area contributed by atoms with Gasteiger partial charge in [0, 0.05) is 24.5 Å². The molecule has 0 aromatic rings. The topological polar surface area (TPSA) is 46.3 Å². The molecule has 2 fully saturated rings. The van der Waals surface area contributed by atoms with Crippen molar-refractivity contribution in [1.82, 2.24) is 4.90 Å². The van der Waals surface area contributed by atoms with Crippen LogP contribution in [0, 0.1) is 11.8 Å². The Labute approximate surface area is 105 Å². The van der Waals surface area contributed by atoms with Crippen molar-refractivity contribution in [2.24, 2.45) is 17.6 Å². The number of likely N-dealkylation sites (tertiary alicyclic amines) is 1. The molecule has 1 aliphatic carbocycles. The zero-order chi connectivity index (χ0) is 12.4. The molecule has 0 bridgehead atoms. The molecule has 4 unspecified atom stereocenters. The number of piperidine rings is 1. The van der Waals surface area contributed by atoms with Crippen LogP contribution in [0.15, 0.2) is 0 Å². The number of rotatable bonds is 1. The molecule has 1 amide bonds. The third-order valence-corrected chi connectivity index (χ3v) is 4.64. The summed E-state index contributed by atoms with van der Waals surface area (Å²) in [6.07, 6.45) is 6.69. The van der Waals surface area contributed by atoms with Gasteiger partial charge in [0.2, 0.25) is 5.91 Å². The zero-order valence-corrected chi connectivity index (χ0v) is 11.2. The van der Waals surface area contributed by atoms with E-state index in [0.717, 1.165) is 25.8 Å². The first-order valence-corrected chi connectivity index (χ1v) is 7.15. The third-order valence-electron chi connectivity index (χ3n) is 4.64. The van der Waals surface area contributed by atoms with Gasteiger partial charge in [0.15, 0.2) is 0 Å². The number of carbonyl (C=O) groups excluding carboxylic acids is 1. The predicted molar refractivity (Wildman–Crippen MR) is 69.5 cm³/mol. The van der Waals surface area contributed by atoms with Crippen molar-refractivity contribution in [1.29, 1.82) is 0 Å². The van der Waals surface area contributed by atoms with Crippen LogP contribution in [0.3, 0.4) is 0 Å². The summed E-state index contributed by atoms with van der Waals surface area (Å²) in [6, 6.07) is 0.668. The maximum atomic E-state index is 12.6. The molecule has 1 heterocycles. The Morgan fingerprint density at radius 2 is 1.94 bits per heavy atom. The lowest BCUT2D eigenvalue weighted by Crippen LogP contribution is -2.48. The van der Waals surface area contributed by atoms with Crippen LogP contribution in [-0.4, -0.2) is 29.4 Å². The summed E-state index contributed by atoms with van der Waals surface area (Å²) in [7, 11) is 0. The standard InChI is InChI=1S/C14H26N2O/c1-10-6-7-12(15)9-13(10)14(17)16-8-4-3-5-11(16)2/h10-13H,3-9,15H2,1-2H3. The van der Waals surface area contributed by atoms with E-state index < -0.39 is 0 Å². The lowest BCUT2D eigenvalue weighted by atomic mass is 9.77. The summed E-state index contributed by atoms with van der Waals surface area (Å²) in [5, 5.41) is 0. The Morgan fingerprint density at radius 1 is 1.18 bits per heavy atom.